The zero-order valence-corrected chi connectivity index (χ0v) is 20.0. The molecule has 0 aliphatic carbocycles. The predicted molar refractivity (Wildman–Crippen MR) is 132 cm³/mol. The van der Waals surface area contributed by atoms with Crippen molar-refractivity contribution in [2.24, 2.45) is 0 Å². The minimum Gasteiger partial charge on any atom is -0.489 e. The average Bonchev–Trinajstić information content (AvgIpc) is 3.47. The van der Waals surface area contributed by atoms with Crippen LogP contribution in [-0.4, -0.2) is 57.7 Å². The topological polar surface area (TPSA) is 128 Å². The van der Waals surface area contributed by atoms with E-state index in [1.807, 2.05) is 36.4 Å². The molecule has 1 aromatic heterocycles. The number of amides is 2. The number of aliphatic hydroxyl groups excluding tert-OH is 1. The van der Waals surface area contributed by atoms with Crippen LogP contribution < -0.4 is 20.7 Å². The zero-order valence-electron chi connectivity index (χ0n) is 19.2. The summed E-state index contributed by atoms with van der Waals surface area (Å²) in [5, 5.41) is 20.0. The Bertz CT molecular complexity index is 1160. The molecule has 2 aromatic carbocycles. The quantitative estimate of drug-likeness (QED) is 0.308. The van der Waals surface area contributed by atoms with E-state index in [2.05, 4.69) is 25.9 Å². The number of benzene rings is 2. The number of aryl methyl sites for hydroxylation is 1. The number of aliphatic hydroxyl groups is 1. The third-order valence-corrected chi connectivity index (χ3v) is 5.96. The number of hydrogen-bond donors (Lipinski definition) is 5. The van der Waals surface area contributed by atoms with Crippen LogP contribution in [0.15, 0.2) is 60.8 Å². The molecule has 2 heterocycles. The van der Waals surface area contributed by atoms with Gasteiger partial charge in [0.05, 0.1) is 12.1 Å². The second-order valence-corrected chi connectivity index (χ2v) is 8.98. The average molecular weight is 498 g/mol. The molecular formula is C25H28ClN5O4. The molecule has 1 aliphatic heterocycles. The molecule has 184 valence electrons. The first-order valence-electron chi connectivity index (χ1n) is 11.4. The van der Waals surface area contributed by atoms with Crippen molar-refractivity contribution in [1.29, 1.82) is 0 Å². The zero-order chi connectivity index (χ0) is 24.8. The van der Waals surface area contributed by atoms with Gasteiger partial charge in [-0.15, -0.1) is 0 Å². The van der Waals surface area contributed by atoms with Crippen molar-refractivity contribution in [3.63, 3.8) is 0 Å². The maximum atomic E-state index is 13.1. The van der Waals surface area contributed by atoms with Gasteiger partial charge in [0.25, 0.3) is 5.91 Å². The Balaban J connectivity index is 1.40. The molecule has 5 N–H and O–H groups in total. The van der Waals surface area contributed by atoms with Gasteiger partial charge in [-0.3, -0.25) is 14.9 Å². The van der Waals surface area contributed by atoms with Crippen molar-refractivity contribution in [3.05, 3.63) is 77.1 Å². The largest absolute Gasteiger partial charge is 0.489 e. The van der Waals surface area contributed by atoms with Gasteiger partial charge in [0.15, 0.2) is 6.10 Å². The molecule has 0 saturated carbocycles. The molecule has 2 amide bonds. The molecule has 4 rings (SSSR count). The molecule has 1 aliphatic rings. The van der Waals surface area contributed by atoms with Gasteiger partial charge in [-0.25, -0.2) is 4.98 Å². The second kappa shape index (κ2) is 11.4. The number of H-pyrrole nitrogens is 1. The molecule has 0 radical (unpaired) electrons. The van der Waals surface area contributed by atoms with Crippen molar-refractivity contribution < 1.29 is 19.4 Å². The van der Waals surface area contributed by atoms with E-state index in [1.165, 1.54) is 0 Å². The van der Waals surface area contributed by atoms with Gasteiger partial charge in [-0.05, 0) is 37.1 Å². The maximum Gasteiger partial charge on any atom is 0.257 e. The van der Waals surface area contributed by atoms with Gasteiger partial charge < -0.3 is 25.5 Å². The lowest BCUT2D eigenvalue weighted by Crippen LogP contribution is -2.53. The summed E-state index contributed by atoms with van der Waals surface area (Å²) in [4.78, 5) is 32.7. The van der Waals surface area contributed by atoms with E-state index in [1.54, 1.807) is 31.3 Å². The lowest BCUT2D eigenvalue weighted by molar-refractivity contribution is -0.128. The van der Waals surface area contributed by atoms with Gasteiger partial charge >= 0.3 is 0 Å². The fraction of sp³-hybridized carbons (Fsp3) is 0.320. The van der Waals surface area contributed by atoms with Gasteiger partial charge in [0.2, 0.25) is 11.9 Å². The highest BCUT2D eigenvalue weighted by atomic mass is 35.5. The van der Waals surface area contributed by atoms with Crippen LogP contribution in [0, 0.1) is 6.92 Å². The monoisotopic (exact) mass is 497 g/mol. The van der Waals surface area contributed by atoms with Crippen LogP contribution in [0.5, 0.6) is 5.75 Å². The van der Waals surface area contributed by atoms with Crippen LogP contribution in [0.2, 0.25) is 5.02 Å². The van der Waals surface area contributed by atoms with Crippen LogP contribution in [0.1, 0.15) is 17.7 Å². The third kappa shape index (κ3) is 6.82. The Morgan fingerprint density at radius 2 is 2.03 bits per heavy atom. The SMILES string of the molecule is Cc1cnc(NC(=O)[C@H](O)[C@H](Cc2ccccc2)NC(=O)[C@@H]2C[C@@H](Oc3cccc(Cl)c3)CN2)[nH]1. The number of carbonyl (C=O) groups is 2. The number of imidazole rings is 1. The highest BCUT2D eigenvalue weighted by Crippen LogP contribution is 2.21. The summed E-state index contributed by atoms with van der Waals surface area (Å²) in [5.74, 6) is -0.117. The Morgan fingerprint density at radius 3 is 2.74 bits per heavy atom. The number of rotatable bonds is 9. The number of anilines is 1. The van der Waals surface area contributed by atoms with Crippen molar-refractivity contribution in [2.75, 3.05) is 11.9 Å². The normalized spacial score (nSPS) is 19.1. The smallest absolute Gasteiger partial charge is 0.257 e. The molecule has 0 unspecified atom stereocenters. The minimum atomic E-state index is -1.50. The van der Waals surface area contributed by atoms with E-state index in [-0.39, 0.29) is 24.4 Å². The third-order valence-electron chi connectivity index (χ3n) is 5.73. The molecule has 10 heteroatoms. The first-order valence-corrected chi connectivity index (χ1v) is 11.8. The lowest BCUT2D eigenvalue weighted by Gasteiger charge is -2.25. The Hall–Kier alpha value is -3.40. The first-order chi connectivity index (χ1) is 16.9. The van der Waals surface area contributed by atoms with Gasteiger partial charge in [-0.2, -0.15) is 0 Å². The van der Waals surface area contributed by atoms with Crippen LogP contribution in [0.25, 0.3) is 0 Å². The van der Waals surface area contributed by atoms with Crippen molar-refractivity contribution in [2.45, 2.75) is 44.1 Å². The number of carbonyl (C=O) groups excluding carboxylic acids is 2. The second-order valence-electron chi connectivity index (χ2n) is 8.55. The Morgan fingerprint density at radius 1 is 1.23 bits per heavy atom. The van der Waals surface area contributed by atoms with Crippen molar-refractivity contribution in [3.8, 4) is 5.75 Å². The van der Waals surface area contributed by atoms with Crippen molar-refractivity contribution >= 4 is 29.4 Å². The summed E-state index contributed by atoms with van der Waals surface area (Å²) in [6.45, 7) is 2.28. The van der Waals surface area contributed by atoms with Crippen LogP contribution in [-0.2, 0) is 16.0 Å². The molecular weight excluding hydrogens is 470 g/mol. The standard InChI is InChI=1S/C25H28ClN5O4/c1-15-13-28-25(29-15)31-24(34)22(32)20(10-16-6-3-2-4-7-16)30-23(33)21-12-19(14-27-21)35-18-9-5-8-17(26)11-18/h2-9,11,13,19-22,27,32H,10,12,14H2,1H3,(H,30,33)(H2,28,29,31,34)/t19-,20+,21+,22-/m1/s1. The summed E-state index contributed by atoms with van der Waals surface area (Å²) in [5.41, 5.74) is 1.64. The minimum absolute atomic E-state index is 0.216. The van der Waals surface area contributed by atoms with E-state index < -0.39 is 24.1 Å². The van der Waals surface area contributed by atoms with E-state index in [4.69, 9.17) is 16.3 Å². The van der Waals surface area contributed by atoms with Gasteiger partial charge in [0, 0.05) is 29.9 Å². The number of aromatic nitrogens is 2. The number of nitrogens with zero attached hydrogens (tertiary/aromatic N) is 1. The number of aromatic amines is 1. The number of nitrogens with one attached hydrogen (secondary N) is 4. The number of hydrogen-bond acceptors (Lipinski definition) is 6. The summed E-state index contributed by atoms with van der Waals surface area (Å²) in [6.07, 6.45) is 0.563. The highest BCUT2D eigenvalue weighted by molar-refractivity contribution is 6.30. The summed E-state index contributed by atoms with van der Waals surface area (Å²) >= 11 is 6.02. The van der Waals surface area contributed by atoms with E-state index >= 15 is 0 Å². The predicted octanol–water partition coefficient (Wildman–Crippen LogP) is 2.21. The molecule has 0 bridgehead atoms. The Kier molecular flexibility index (Phi) is 8.02. The van der Waals surface area contributed by atoms with Crippen LogP contribution in [0.3, 0.4) is 0 Å². The molecule has 4 atom stereocenters. The highest BCUT2D eigenvalue weighted by Gasteiger charge is 2.35. The van der Waals surface area contributed by atoms with Crippen LogP contribution >= 0.6 is 11.6 Å². The number of ether oxygens (including phenoxy) is 1. The first kappa shape index (κ1) is 24.7. The Labute approximate surface area is 208 Å². The molecule has 1 saturated heterocycles. The molecule has 9 nitrogen and oxygen atoms in total. The van der Waals surface area contributed by atoms with E-state index in [0.29, 0.717) is 23.7 Å². The molecule has 1 fully saturated rings. The molecule has 0 spiro atoms. The summed E-state index contributed by atoms with van der Waals surface area (Å²) < 4.78 is 5.94. The maximum absolute atomic E-state index is 13.1. The number of halogens is 1. The van der Waals surface area contributed by atoms with Crippen molar-refractivity contribution in [1.82, 2.24) is 20.6 Å². The fourth-order valence-corrected chi connectivity index (χ4v) is 4.15. The van der Waals surface area contributed by atoms with Gasteiger partial charge in [0.1, 0.15) is 11.9 Å². The van der Waals surface area contributed by atoms with Crippen LogP contribution in [0.4, 0.5) is 5.95 Å². The molecule has 3 aromatic rings. The van der Waals surface area contributed by atoms with E-state index in [9.17, 15) is 14.7 Å². The van der Waals surface area contributed by atoms with Gasteiger partial charge in [-0.1, -0.05) is 48.0 Å². The fourth-order valence-electron chi connectivity index (χ4n) is 3.97. The lowest BCUT2D eigenvalue weighted by atomic mass is 10.00. The molecule has 35 heavy (non-hydrogen) atoms. The summed E-state index contributed by atoms with van der Waals surface area (Å²) in [6, 6.07) is 15.1. The van der Waals surface area contributed by atoms with E-state index in [0.717, 1.165) is 11.3 Å². The summed E-state index contributed by atoms with van der Waals surface area (Å²) in [7, 11) is 0.